The average molecular weight is 849 g/mol. The predicted molar refractivity (Wildman–Crippen MR) is 267 cm³/mol. The summed E-state index contributed by atoms with van der Waals surface area (Å²) < 4.78 is 0. The Hall–Kier alpha value is -5.34. The highest BCUT2D eigenvalue weighted by Gasteiger charge is 2.41. The Bertz CT molecular complexity index is 2470. The van der Waals surface area contributed by atoms with Crippen LogP contribution in [0.4, 0.5) is 11.4 Å². The van der Waals surface area contributed by atoms with E-state index in [1.54, 1.807) is 0 Å². The number of rotatable bonds is 13. The van der Waals surface area contributed by atoms with Crippen LogP contribution >= 0.6 is 15.8 Å². The van der Waals surface area contributed by atoms with Crippen LogP contribution in [0.3, 0.4) is 0 Å². The van der Waals surface area contributed by atoms with Gasteiger partial charge in [0.1, 0.15) is 12.5 Å². The van der Waals surface area contributed by atoms with Crippen molar-refractivity contribution in [3.8, 4) is 11.1 Å². The maximum Gasteiger partial charge on any atom is 0.127 e. The van der Waals surface area contributed by atoms with E-state index in [0.29, 0.717) is 11.3 Å². The van der Waals surface area contributed by atoms with Crippen LogP contribution in [0.5, 0.6) is 0 Å². The number of benzene rings is 8. The van der Waals surface area contributed by atoms with Crippen LogP contribution in [0.2, 0.25) is 0 Å². The van der Waals surface area contributed by atoms with Crippen LogP contribution < -0.4 is 31.9 Å². The topological polar surface area (TPSA) is 64.5 Å². The zero-order valence-electron chi connectivity index (χ0n) is 35.0. The molecule has 0 heterocycles. The van der Waals surface area contributed by atoms with E-state index in [9.17, 15) is 10.2 Å². The lowest BCUT2D eigenvalue weighted by Gasteiger charge is -2.34. The Morgan fingerprint density at radius 3 is 1.05 bits per heavy atom. The van der Waals surface area contributed by atoms with Gasteiger partial charge in [0.15, 0.2) is 0 Å². The van der Waals surface area contributed by atoms with E-state index in [1.165, 1.54) is 21.2 Å². The third-order valence-electron chi connectivity index (χ3n) is 13.4. The van der Waals surface area contributed by atoms with E-state index < -0.39 is 28.3 Å². The first-order valence-corrected chi connectivity index (χ1v) is 25.2. The summed E-state index contributed by atoms with van der Waals surface area (Å²) in [6, 6.07) is 69.6. The molecule has 62 heavy (non-hydrogen) atoms. The SMILES string of the molecule is OC(Nc1ccc2ccccc2c1-c1c(NC(O)C2CCCC2P(c2ccccc2)c2ccccc2)ccc2ccccc12)C1CCCC1P(c1ccccc1)c1ccccc1. The van der Waals surface area contributed by atoms with Gasteiger partial charge in [-0.1, -0.05) is 195 Å². The van der Waals surface area contributed by atoms with Gasteiger partial charge in [-0.3, -0.25) is 0 Å². The smallest absolute Gasteiger partial charge is 0.127 e. The third-order valence-corrected chi connectivity index (χ3v) is 19.4. The molecule has 2 fully saturated rings. The highest BCUT2D eigenvalue weighted by atomic mass is 31.1. The predicted octanol–water partition coefficient (Wildman–Crippen LogP) is 11.7. The van der Waals surface area contributed by atoms with Crippen LogP contribution in [0.25, 0.3) is 32.7 Å². The highest BCUT2D eigenvalue weighted by molar-refractivity contribution is 7.74. The van der Waals surface area contributed by atoms with Gasteiger partial charge in [-0.2, -0.15) is 0 Å². The van der Waals surface area contributed by atoms with Crippen LogP contribution in [0.15, 0.2) is 194 Å². The largest absolute Gasteiger partial charge is 0.374 e. The molecule has 2 aliphatic rings. The molecule has 0 amide bonds. The molecule has 4 nitrogen and oxygen atoms in total. The van der Waals surface area contributed by atoms with Gasteiger partial charge in [0.2, 0.25) is 0 Å². The maximum absolute atomic E-state index is 12.5. The summed E-state index contributed by atoms with van der Waals surface area (Å²) in [5.41, 5.74) is 4.51. The number of anilines is 2. The molecule has 8 aromatic carbocycles. The van der Waals surface area contributed by atoms with Gasteiger partial charge in [0.25, 0.3) is 0 Å². The van der Waals surface area contributed by atoms with Gasteiger partial charge in [0, 0.05) is 34.3 Å². The molecule has 6 unspecified atom stereocenters. The third kappa shape index (κ3) is 8.19. The maximum atomic E-state index is 12.5. The van der Waals surface area contributed by atoms with Gasteiger partial charge < -0.3 is 20.8 Å². The number of aliphatic hydroxyl groups excluding tert-OH is 2. The van der Waals surface area contributed by atoms with Crippen LogP contribution in [-0.2, 0) is 0 Å². The monoisotopic (exact) mass is 848 g/mol. The van der Waals surface area contributed by atoms with Crippen molar-refractivity contribution in [2.45, 2.75) is 62.3 Å². The van der Waals surface area contributed by atoms with E-state index in [1.807, 2.05) is 0 Å². The van der Waals surface area contributed by atoms with E-state index in [2.05, 4.69) is 205 Å². The fourth-order valence-electron chi connectivity index (χ4n) is 10.6. The molecule has 0 spiro atoms. The molecule has 0 bridgehead atoms. The average Bonchev–Trinajstić information content (AvgIpc) is 4.02. The number of hydrogen-bond donors (Lipinski definition) is 4. The molecule has 4 N–H and O–H groups in total. The minimum atomic E-state index is -0.758. The second-order valence-electron chi connectivity index (χ2n) is 17.0. The van der Waals surface area contributed by atoms with Crippen molar-refractivity contribution in [2.24, 2.45) is 11.8 Å². The van der Waals surface area contributed by atoms with Crippen molar-refractivity contribution in [3.05, 3.63) is 194 Å². The van der Waals surface area contributed by atoms with Crippen molar-refractivity contribution in [2.75, 3.05) is 10.6 Å². The first kappa shape index (κ1) is 40.7. The van der Waals surface area contributed by atoms with Crippen molar-refractivity contribution in [1.82, 2.24) is 0 Å². The second-order valence-corrected chi connectivity index (χ2v) is 21.9. The quantitative estimate of drug-likeness (QED) is 0.0689. The normalized spacial score (nSPS) is 19.9. The molecule has 0 radical (unpaired) electrons. The number of hydrogen-bond acceptors (Lipinski definition) is 4. The fourth-order valence-corrected chi connectivity index (χ4v) is 17.0. The van der Waals surface area contributed by atoms with Crippen LogP contribution in [0.1, 0.15) is 38.5 Å². The molecule has 6 atom stereocenters. The van der Waals surface area contributed by atoms with Crippen molar-refractivity contribution in [3.63, 3.8) is 0 Å². The molecule has 0 saturated heterocycles. The summed E-state index contributed by atoms with van der Waals surface area (Å²) >= 11 is 0. The Morgan fingerprint density at radius 2 is 0.694 bits per heavy atom. The summed E-state index contributed by atoms with van der Waals surface area (Å²) in [4.78, 5) is 0. The van der Waals surface area contributed by atoms with E-state index in [0.717, 1.165) is 82.6 Å². The molecular weight excluding hydrogens is 795 g/mol. The van der Waals surface area contributed by atoms with Crippen LogP contribution in [0, 0.1) is 11.8 Å². The Kier molecular flexibility index (Phi) is 12.2. The molecule has 0 aliphatic heterocycles. The molecule has 6 heteroatoms. The fraction of sp³-hybridized carbons (Fsp3) is 0.214. The Balaban J connectivity index is 1.03. The molecule has 0 aromatic heterocycles. The van der Waals surface area contributed by atoms with Crippen molar-refractivity contribution < 1.29 is 10.2 Å². The summed E-state index contributed by atoms with van der Waals surface area (Å²) in [5, 5.41) is 42.5. The van der Waals surface area contributed by atoms with Gasteiger partial charge in [-0.05, 0) is 108 Å². The summed E-state index contributed by atoms with van der Waals surface area (Å²) in [6.45, 7) is 0. The molecule has 2 aliphatic carbocycles. The molecule has 2 saturated carbocycles. The van der Waals surface area contributed by atoms with Gasteiger partial charge >= 0.3 is 0 Å². The lowest BCUT2D eigenvalue weighted by Crippen LogP contribution is -2.36. The zero-order chi connectivity index (χ0) is 41.8. The summed E-state index contributed by atoms with van der Waals surface area (Å²) in [5.74, 6) is 0.132. The van der Waals surface area contributed by atoms with Crippen molar-refractivity contribution in [1.29, 1.82) is 0 Å². The Labute approximate surface area is 368 Å². The minimum Gasteiger partial charge on any atom is -0.374 e. The lowest BCUT2D eigenvalue weighted by atomic mass is 9.90. The molecular formula is C56H54N2O2P2. The lowest BCUT2D eigenvalue weighted by molar-refractivity contribution is 0.139. The van der Waals surface area contributed by atoms with Crippen LogP contribution in [-0.4, -0.2) is 34.0 Å². The highest BCUT2D eigenvalue weighted by Crippen LogP contribution is 2.53. The molecule has 10 rings (SSSR count). The van der Waals surface area contributed by atoms with Gasteiger partial charge in [-0.25, -0.2) is 0 Å². The number of aliphatic hydroxyl groups is 2. The molecule has 310 valence electrons. The first-order chi connectivity index (χ1) is 30.6. The van der Waals surface area contributed by atoms with E-state index in [4.69, 9.17) is 0 Å². The molecule has 8 aromatic rings. The summed E-state index contributed by atoms with van der Waals surface area (Å²) in [7, 11) is -1.39. The summed E-state index contributed by atoms with van der Waals surface area (Å²) in [6.07, 6.45) is 4.75. The first-order valence-electron chi connectivity index (χ1n) is 22.3. The van der Waals surface area contributed by atoms with Gasteiger partial charge in [0.05, 0.1) is 0 Å². The minimum absolute atomic E-state index is 0.0659. The standard InChI is InChI=1S/C56H54N2O2P2/c59-55(47-31-17-33-51(47)61(41-21-5-1-6-22-41)42-23-7-2-8-24-42)57-49-37-35-39-19-13-15-29-45(39)53(49)54-46-30-16-14-20-40(46)36-38-50(54)58-56(60)48-32-18-34-52(48)62(43-25-9-3-10-26-43)44-27-11-4-12-28-44/h1-16,19-30,35-38,47-48,51-52,55-60H,17-18,31-34H2. The van der Waals surface area contributed by atoms with E-state index in [-0.39, 0.29) is 11.8 Å². The van der Waals surface area contributed by atoms with Crippen molar-refractivity contribution >= 4 is 70.0 Å². The number of fused-ring (bicyclic) bond motifs is 2. The Morgan fingerprint density at radius 1 is 0.371 bits per heavy atom. The number of nitrogens with one attached hydrogen (secondary N) is 2. The van der Waals surface area contributed by atoms with Gasteiger partial charge in [-0.15, -0.1) is 0 Å². The second kappa shape index (κ2) is 18.6. The van der Waals surface area contributed by atoms with E-state index >= 15 is 0 Å². The zero-order valence-corrected chi connectivity index (χ0v) is 36.8.